The molecule has 1 aliphatic rings. The Morgan fingerprint density at radius 2 is 2.04 bits per heavy atom. The number of benzene rings is 1. The van der Waals surface area contributed by atoms with Crippen molar-refractivity contribution in [2.24, 2.45) is 0 Å². The van der Waals surface area contributed by atoms with E-state index in [-0.39, 0.29) is 18.6 Å². The van der Waals surface area contributed by atoms with Crippen LogP contribution >= 0.6 is 11.8 Å². The van der Waals surface area contributed by atoms with Gasteiger partial charge in [0.15, 0.2) is 5.37 Å². The maximum Gasteiger partial charge on any atom is 0.411 e. The number of aliphatic hydroxyl groups is 1. The van der Waals surface area contributed by atoms with Crippen molar-refractivity contribution in [3.63, 3.8) is 0 Å². The van der Waals surface area contributed by atoms with Crippen LogP contribution in [0, 0.1) is 0 Å². The zero-order valence-corrected chi connectivity index (χ0v) is 15.7. The maximum atomic E-state index is 12.7. The summed E-state index contributed by atoms with van der Waals surface area (Å²) >= 11 is 1.42. The fraction of sp³-hybridized carbons (Fsp3) is 0.556. The number of carbonyl (C=O) groups is 2. The third-order valence-corrected chi connectivity index (χ3v) is 4.88. The summed E-state index contributed by atoms with van der Waals surface area (Å²) in [5.41, 5.74) is 0.325. The highest BCUT2D eigenvalue weighted by Gasteiger charge is 2.38. The van der Waals surface area contributed by atoms with E-state index in [4.69, 9.17) is 4.74 Å². The van der Waals surface area contributed by atoms with Crippen LogP contribution in [0.15, 0.2) is 30.3 Å². The second-order valence-electron chi connectivity index (χ2n) is 6.88. The molecule has 2 N–H and O–H groups in total. The Kier molecular flexibility index (Phi) is 6.72. The van der Waals surface area contributed by atoms with Crippen LogP contribution in [-0.4, -0.2) is 51.9 Å². The smallest absolute Gasteiger partial charge is 0.411 e. The minimum absolute atomic E-state index is 0.0343. The van der Waals surface area contributed by atoms with E-state index in [2.05, 4.69) is 5.32 Å². The average molecular weight is 366 g/mol. The van der Waals surface area contributed by atoms with E-state index < -0.39 is 17.1 Å². The maximum absolute atomic E-state index is 12.7. The van der Waals surface area contributed by atoms with Crippen LogP contribution in [0.25, 0.3) is 0 Å². The Hall–Kier alpha value is -1.73. The molecule has 2 rings (SSSR count). The zero-order valence-electron chi connectivity index (χ0n) is 14.9. The van der Waals surface area contributed by atoms with Crippen molar-refractivity contribution in [1.82, 2.24) is 10.2 Å². The van der Waals surface area contributed by atoms with Gasteiger partial charge in [-0.05, 0) is 32.8 Å². The van der Waals surface area contributed by atoms with Crippen LogP contribution in [0.2, 0.25) is 0 Å². The van der Waals surface area contributed by atoms with E-state index in [1.807, 2.05) is 30.3 Å². The Balaban J connectivity index is 2.05. The standard InChI is InChI=1S/C18H26N2O4S/c1-18(2,3)24-17(23)20-10-12-25-16(20)15(22)19-14(9-11-21)13-7-5-4-6-8-13/h4-8,14,16,21H,9-12H2,1-3H3,(H,19,22)/t14-,16?/m0/s1. The summed E-state index contributed by atoms with van der Waals surface area (Å²) in [6.07, 6.45) is -0.0596. The van der Waals surface area contributed by atoms with Crippen molar-refractivity contribution in [1.29, 1.82) is 0 Å². The number of thioether (sulfide) groups is 1. The summed E-state index contributed by atoms with van der Waals surface area (Å²) in [6.45, 7) is 5.85. The van der Waals surface area contributed by atoms with Crippen molar-refractivity contribution >= 4 is 23.8 Å². The van der Waals surface area contributed by atoms with Crippen molar-refractivity contribution in [2.75, 3.05) is 18.9 Å². The van der Waals surface area contributed by atoms with Gasteiger partial charge in [-0.1, -0.05) is 30.3 Å². The van der Waals surface area contributed by atoms with E-state index in [0.717, 1.165) is 5.56 Å². The molecule has 0 spiro atoms. The van der Waals surface area contributed by atoms with Gasteiger partial charge in [0.25, 0.3) is 5.91 Å². The molecule has 7 heteroatoms. The van der Waals surface area contributed by atoms with Crippen LogP contribution in [0.4, 0.5) is 4.79 Å². The molecule has 1 fully saturated rings. The molecule has 0 aliphatic carbocycles. The van der Waals surface area contributed by atoms with Crippen molar-refractivity contribution in [2.45, 2.75) is 44.2 Å². The van der Waals surface area contributed by atoms with Crippen molar-refractivity contribution in [3.05, 3.63) is 35.9 Å². The lowest BCUT2D eigenvalue weighted by Gasteiger charge is -2.28. The first-order valence-corrected chi connectivity index (χ1v) is 9.44. The molecule has 1 aromatic carbocycles. The molecular formula is C18H26N2O4S. The van der Waals surface area contributed by atoms with Gasteiger partial charge in [-0.2, -0.15) is 0 Å². The monoisotopic (exact) mass is 366 g/mol. The molecule has 1 heterocycles. The van der Waals surface area contributed by atoms with E-state index in [9.17, 15) is 14.7 Å². The molecule has 1 unspecified atom stereocenters. The SMILES string of the molecule is CC(C)(C)OC(=O)N1CCSC1C(=O)N[C@@H](CCO)c1ccccc1. The van der Waals surface area contributed by atoms with Gasteiger partial charge in [0.1, 0.15) is 5.60 Å². The van der Waals surface area contributed by atoms with Crippen LogP contribution in [0.1, 0.15) is 38.8 Å². The quantitative estimate of drug-likeness (QED) is 0.837. The summed E-state index contributed by atoms with van der Waals surface area (Å²) in [4.78, 5) is 26.5. The fourth-order valence-electron chi connectivity index (χ4n) is 2.57. The molecule has 2 atom stereocenters. The Labute approximate surface area is 152 Å². The molecule has 6 nitrogen and oxygen atoms in total. The van der Waals surface area contributed by atoms with E-state index >= 15 is 0 Å². The van der Waals surface area contributed by atoms with Gasteiger partial charge in [0.05, 0.1) is 6.04 Å². The topological polar surface area (TPSA) is 78.9 Å². The van der Waals surface area contributed by atoms with Gasteiger partial charge in [-0.15, -0.1) is 11.8 Å². The summed E-state index contributed by atoms with van der Waals surface area (Å²) in [5.74, 6) is 0.448. The van der Waals surface area contributed by atoms with Crippen molar-refractivity contribution in [3.8, 4) is 0 Å². The average Bonchev–Trinajstić information content (AvgIpc) is 3.03. The Morgan fingerprint density at radius 1 is 1.36 bits per heavy atom. The number of rotatable bonds is 5. The first-order valence-electron chi connectivity index (χ1n) is 8.39. The van der Waals surface area contributed by atoms with Crippen molar-refractivity contribution < 1.29 is 19.4 Å². The number of carbonyl (C=O) groups excluding carboxylic acids is 2. The largest absolute Gasteiger partial charge is 0.444 e. The molecule has 0 aromatic heterocycles. The third-order valence-electron chi connectivity index (χ3n) is 3.68. The van der Waals surface area contributed by atoms with Gasteiger partial charge in [-0.3, -0.25) is 9.69 Å². The number of hydrogen-bond donors (Lipinski definition) is 2. The molecule has 138 valence electrons. The summed E-state index contributed by atoms with van der Waals surface area (Å²) in [6, 6.07) is 9.22. The lowest BCUT2D eigenvalue weighted by atomic mass is 10.0. The van der Waals surface area contributed by atoms with E-state index in [1.54, 1.807) is 20.8 Å². The Bertz CT molecular complexity index is 588. The zero-order chi connectivity index (χ0) is 18.4. The van der Waals surface area contributed by atoms with Crippen LogP contribution in [-0.2, 0) is 9.53 Å². The highest BCUT2D eigenvalue weighted by Crippen LogP contribution is 2.27. The number of amides is 2. The van der Waals surface area contributed by atoms with Gasteiger partial charge >= 0.3 is 6.09 Å². The molecule has 0 saturated carbocycles. The first kappa shape index (κ1) is 19.6. The summed E-state index contributed by atoms with van der Waals surface area (Å²) in [5, 5.41) is 11.6. The van der Waals surface area contributed by atoms with Gasteiger partial charge in [0, 0.05) is 18.9 Å². The molecular weight excluding hydrogens is 340 g/mol. The minimum Gasteiger partial charge on any atom is -0.444 e. The number of nitrogens with zero attached hydrogens (tertiary/aromatic N) is 1. The lowest BCUT2D eigenvalue weighted by Crippen LogP contribution is -2.47. The molecule has 0 radical (unpaired) electrons. The van der Waals surface area contributed by atoms with Crippen LogP contribution in [0.5, 0.6) is 0 Å². The molecule has 1 aliphatic heterocycles. The highest BCUT2D eigenvalue weighted by molar-refractivity contribution is 8.00. The lowest BCUT2D eigenvalue weighted by molar-refractivity contribution is -0.124. The molecule has 1 aromatic rings. The van der Waals surface area contributed by atoms with Gasteiger partial charge in [0.2, 0.25) is 0 Å². The molecule has 0 bridgehead atoms. The molecule has 2 amide bonds. The summed E-state index contributed by atoms with van der Waals surface area (Å²) in [7, 11) is 0. The second kappa shape index (κ2) is 8.58. The minimum atomic E-state index is -0.611. The van der Waals surface area contributed by atoms with E-state index in [1.165, 1.54) is 16.7 Å². The molecule has 1 saturated heterocycles. The van der Waals surface area contributed by atoms with Crippen LogP contribution < -0.4 is 5.32 Å². The number of aliphatic hydroxyl groups excluding tert-OH is 1. The van der Waals surface area contributed by atoms with Crippen LogP contribution in [0.3, 0.4) is 0 Å². The van der Waals surface area contributed by atoms with Gasteiger partial charge in [-0.25, -0.2) is 4.79 Å². The number of nitrogens with one attached hydrogen (secondary N) is 1. The highest BCUT2D eigenvalue weighted by atomic mass is 32.2. The predicted octanol–water partition coefficient (Wildman–Crippen LogP) is 2.54. The van der Waals surface area contributed by atoms with E-state index in [0.29, 0.717) is 18.7 Å². The fourth-order valence-corrected chi connectivity index (χ4v) is 3.69. The second-order valence-corrected chi connectivity index (χ2v) is 8.07. The summed E-state index contributed by atoms with van der Waals surface area (Å²) < 4.78 is 5.39. The first-order chi connectivity index (χ1) is 11.8. The number of hydrogen-bond acceptors (Lipinski definition) is 5. The van der Waals surface area contributed by atoms with Gasteiger partial charge < -0.3 is 15.2 Å². The third kappa shape index (κ3) is 5.64. The number of ether oxygens (including phenoxy) is 1. The Morgan fingerprint density at radius 3 is 2.64 bits per heavy atom. The normalized spacial score (nSPS) is 18.7. The molecule has 25 heavy (non-hydrogen) atoms. The predicted molar refractivity (Wildman–Crippen MR) is 98.2 cm³/mol.